The van der Waals surface area contributed by atoms with Gasteiger partial charge in [-0.25, -0.2) is 0 Å². The molecule has 0 saturated heterocycles. The van der Waals surface area contributed by atoms with Crippen molar-refractivity contribution in [2.24, 2.45) is 4.99 Å². The molecular weight excluding hydrogens is 222 g/mol. The van der Waals surface area contributed by atoms with Crippen LogP contribution in [-0.4, -0.2) is 25.1 Å². The Morgan fingerprint density at radius 1 is 1.22 bits per heavy atom. The van der Waals surface area contributed by atoms with E-state index in [-0.39, 0.29) is 5.54 Å². The van der Waals surface area contributed by atoms with Crippen LogP contribution < -0.4 is 10.6 Å². The van der Waals surface area contributed by atoms with Gasteiger partial charge in [-0.2, -0.15) is 0 Å². The van der Waals surface area contributed by atoms with E-state index >= 15 is 0 Å². The van der Waals surface area contributed by atoms with Crippen LogP contribution >= 0.6 is 0 Å². The van der Waals surface area contributed by atoms with E-state index in [1.54, 1.807) is 7.05 Å². The maximum atomic E-state index is 4.23. The largest absolute Gasteiger partial charge is 0.356 e. The zero-order valence-corrected chi connectivity index (χ0v) is 12.1. The molecule has 0 aromatic heterocycles. The second-order valence-electron chi connectivity index (χ2n) is 5.64. The Labute approximate surface area is 111 Å². The summed E-state index contributed by atoms with van der Waals surface area (Å²) in [7, 11) is 1.80. The fraction of sp³-hybridized carbons (Fsp3) is 0.533. The fourth-order valence-electron chi connectivity index (χ4n) is 1.68. The average molecular weight is 247 g/mol. The second-order valence-corrected chi connectivity index (χ2v) is 5.64. The first-order valence-corrected chi connectivity index (χ1v) is 6.46. The van der Waals surface area contributed by atoms with Crippen LogP contribution in [0.1, 0.15) is 39.2 Å². The third kappa shape index (κ3) is 5.21. The standard InChI is InChI=1S/C15H25N3/c1-12(13-9-7-6-8-10-13)11-17-14(16-5)18-15(2,3)4/h6-10,12H,11H2,1-5H3,(H2,16,17,18). The maximum absolute atomic E-state index is 4.23. The first-order chi connectivity index (χ1) is 8.42. The van der Waals surface area contributed by atoms with Crippen LogP contribution in [0.15, 0.2) is 35.3 Å². The first kappa shape index (κ1) is 14.6. The average Bonchev–Trinajstić information content (AvgIpc) is 2.33. The highest BCUT2D eigenvalue weighted by molar-refractivity contribution is 5.80. The first-order valence-electron chi connectivity index (χ1n) is 6.46. The van der Waals surface area contributed by atoms with Gasteiger partial charge in [-0.15, -0.1) is 0 Å². The fourth-order valence-corrected chi connectivity index (χ4v) is 1.68. The summed E-state index contributed by atoms with van der Waals surface area (Å²) in [5.74, 6) is 1.31. The molecule has 0 aliphatic carbocycles. The Morgan fingerprint density at radius 3 is 2.33 bits per heavy atom. The van der Waals surface area contributed by atoms with Crippen molar-refractivity contribution < 1.29 is 0 Å². The Balaban J connectivity index is 2.49. The number of hydrogen-bond donors (Lipinski definition) is 2. The number of nitrogens with zero attached hydrogens (tertiary/aromatic N) is 1. The Morgan fingerprint density at radius 2 is 1.83 bits per heavy atom. The molecule has 1 aromatic carbocycles. The number of rotatable bonds is 3. The molecule has 0 heterocycles. The van der Waals surface area contributed by atoms with E-state index in [0.29, 0.717) is 5.92 Å². The van der Waals surface area contributed by atoms with Gasteiger partial charge in [0.2, 0.25) is 0 Å². The van der Waals surface area contributed by atoms with Crippen LogP contribution in [0.25, 0.3) is 0 Å². The molecule has 0 bridgehead atoms. The molecule has 0 radical (unpaired) electrons. The van der Waals surface area contributed by atoms with Gasteiger partial charge in [0.1, 0.15) is 0 Å². The molecule has 0 amide bonds. The van der Waals surface area contributed by atoms with Gasteiger partial charge in [-0.05, 0) is 32.3 Å². The Kier molecular flexibility index (Phi) is 5.20. The molecule has 0 aliphatic heterocycles. The second kappa shape index (κ2) is 6.43. The molecule has 18 heavy (non-hydrogen) atoms. The van der Waals surface area contributed by atoms with Gasteiger partial charge in [-0.1, -0.05) is 37.3 Å². The van der Waals surface area contributed by atoms with E-state index < -0.39 is 0 Å². The number of guanidine groups is 1. The summed E-state index contributed by atoms with van der Waals surface area (Å²) in [6.45, 7) is 9.47. The zero-order chi connectivity index (χ0) is 13.6. The third-order valence-electron chi connectivity index (χ3n) is 2.66. The summed E-state index contributed by atoms with van der Waals surface area (Å²) in [6, 6.07) is 10.5. The van der Waals surface area contributed by atoms with Crippen LogP contribution in [-0.2, 0) is 0 Å². The monoisotopic (exact) mass is 247 g/mol. The number of benzene rings is 1. The maximum Gasteiger partial charge on any atom is 0.191 e. The van der Waals surface area contributed by atoms with Gasteiger partial charge < -0.3 is 10.6 Å². The number of nitrogens with one attached hydrogen (secondary N) is 2. The summed E-state index contributed by atoms with van der Waals surface area (Å²) in [4.78, 5) is 4.23. The van der Waals surface area contributed by atoms with Gasteiger partial charge in [0.25, 0.3) is 0 Å². The summed E-state index contributed by atoms with van der Waals surface area (Å²) >= 11 is 0. The van der Waals surface area contributed by atoms with Crippen molar-refractivity contribution in [1.82, 2.24) is 10.6 Å². The molecule has 1 rings (SSSR count). The van der Waals surface area contributed by atoms with Crippen molar-refractivity contribution >= 4 is 5.96 Å². The van der Waals surface area contributed by atoms with Crippen LogP contribution in [0.4, 0.5) is 0 Å². The van der Waals surface area contributed by atoms with Crippen molar-refractivity contribution in [3.8, 4) is 0 Å². The summed E-state index contributed by atoms with van der Waals surface area (Å²) in [5.41, 5.74) is 1.37. The van der Waals surface area contributed by atoms with E-state index in [0.717, 1.165) is 12.5 Å². The number of aliphatic imine (C=N–C) groups is 1. The summed E-state index contributed by atoms with van der Waals surface area (Å²) in [6.07, 6.45) is 0. The molecule has 100 valence electrons. The van der Waals surface area contributed by atoms with Gasteiger partial charge in [0.05, 0.1) is 0 Å². The molecule has 0 saturated carbocycles. The van der Waals surface area contributed by atoms with E-state index in [4.69, 9.17) is 0 Å². The van der Waals surface area contributed by atoms with Crippen LogP contribution in [0.2, 0.25) is 0 Å². The lowest BCUT2D eigenvalue weighted by molar-refractivity contribution is 0.499. The lowest BCUT2D eigenvalue weighted by Gasteiger charge is -2.24. The molecule has 2 N–H and O–H groups in total. The Hall–Kier alpha value is -1.51. The van der Waals surface area contributed by atoms with E-state index in [2.05, 4.69) is 67.6 Å². The summed E-state index contributed by atoms with van der Waals surface area (Å²) in [5, 5.41) is 6.71. The van der Waals surface area contributed by atoms with Gasteiger partial charge in [0, 0.05) is 19.1 Å². The highest BCUT2D eigenvalue weighted by Gasteiger charge is 2.12. The van der Waals surface area contributed by atoms with Gasteiger partial charge in [0.15, 0.2) is 5.96 Å². The van der Waals surface area contributed by atoms with E-state index in [1.165, 1.54) is 5.56 Å². The lowest BCUT2D eigenvalue weighted by atomic mass is 10.0. The van der Waals surface area contributed by atoms with Crippen molar-refractivity contribution in [2.45, 2.75) is 39.2 Å². The van der Waals surface area contributed by atoms with Crippen molar-refractivity contribution in [3.63, 3.8) is 0 Å². The highest BCUT2D eigenvalue weighted by atomic mass is 15.2. The zero-order valence-electron chi connectivity index (χ0n) is 12.1. The minimum Gasteiger partial charge on any atom is -0.356 e. The van der Waals surface area contributed by atoms with E-state index in [9.17, 15) is 0 Å². The molecule has 1 unspecified atom stereocenters. The van der Waals surface area contributed by atoms with Crippen molar-refractivity contribution in [2.75, 3.05) is 13.6 Å². The van der Waals surface area contributed by atoms with E-state index in [1.807, 2.05) is 6.07 Å². The number of hydrogen-bond acceptors (Lipinski definition) is 1. The minimum atomic E-state index is 0.0256. The normalized spacial score (nSPS) is 14.2. The molecule has 3 heteroatoms. The molecule has 0 fully saturated rings. The lowest BCUT2D eigenvalue weighted by Crippen LogP contribution is -2.48. The predicted octanol–water partition coefficient (Wildman–Crippen LogP) is 2.75. The van der Waals surface area contributed by atoms with Crippen LogP contribution in [0, 0.1) is 0 Å². The smallest absolute Gasteiger partial charge is 0.191 e. The molecule has 1 atom stereocenters. The predicted molar refractivity (Wildman–Crippen MR) is 79.1 cm³/mol. The SMILES string of the molecule is CN=C(NCC(C)c1ccccc1)NC(C)(C)C. The molecule has 0 spiro atoms. The quantitative estimate of drug-likeness (QED) is 0.636. The molecule has 1 aromatic rings. The van der Waals surface area contributed by atoms with Gasteiger partial charge in [-0.3, -0.25) is 4.99 Å². The summed E-state index contributed by atoms with van der Waals surface area (Å²) < 4.78 is 0. The molecular formula is C15H25N3. The third-order valence-corrected chi connectivity index (χ3v) is 2.66. The molecule has 0 aliphatic rings. The van der Waals surface area contributed by atoms with Crippen LogP contribution in [0.5, 0.6) is 0 Å². The van der Waals surface area contributed by atoms with Crippen LogP contribution in [0.3, 0.4) is 0 Å². The highest BCUT2D eigenvalue weighted by Crippen LogP contribution is 2.12. The topological polar surface area (TPSA) is 36.4 Å². The van der Waals surface area contributed by atoms with Gasteiger partial charge >= 0.3 is 0 Å². The van der Waals surface area contributed by atoms with Crippen molar-refractivity contribution in [1.29, 1.82) is 0 Å². The van der Waals surface area contributed by atoms with Crippen molar-refractivity contribution in [3.05, 3.63) is 35.9 Å². The Bertz CT molecular complexity index is 376. The minimum absolute atomic E-state index is 0.0256. The molecule has 3 nitrogen and oxygen atoms in total.